The van der Waals surface area contributed by atoms with Gasteiger partial charge < -0.3 is 19.3 Å². The van der Waals surface area contributed by atoms with Crippen LogP contribution < -0.4 is 9.47 Å². The molecular weight excluding hydrogens is 280 g/mol. The van der Waals surface area contributed by atoms with Crippen LogP contribution in [0, 0.1) is 0 Å². The van der Waals surface area contributed by atoms with Gasteiger partial charge in [0.15, 0.2) is 17.6 Å². The second kappa shape index (κ2) is 8.03. The van der Waals surface area contributed by atoms with Crippen LogP contribution >= 0.6 is 0 Å². The van der Waals surface area contributed by atoms with Gasteiger partial charge in [0, 0.05) is 26.2 Å². The van der Waals surface area contributed by atoms with Crippen molar-refractivity contribution in [2.75, 3.05) is 39.8 Å². The Morgan fingerprint density at radius 1 is 1.14 bits per heavy atom. The highest BCUT2D eigenvalue weighted by Crippen LogP contribution is 2.27. The Morgan fingerprint density at radius 3 is 2.32 bits per heavy atom. The molecule has 1 atom stereocenters. The van der Waals surface area contributed by atoms with Gasteiger partial charge in [-0.3, -0.25) is 4.79 Å². The summed E-state index contributed by atoms with van der Waals surface area (Å²) >= 11 is 0. The molecule has 0 unspecified atom stereocenters. The van der Waals surface area contributed by atoms with Crippen molar-refractivity contribution in [1.82, 2.24) is 9.80 Å². The molecule has 1 aliphatic heterocycles. The quantitative estimate of drug-likeness (QED) is 0.806. The van der Waals surface area contributed by atoms with Gasteiger partial charge >= 0.3 is 0 Å². The first-order chi connectivity index (χ1) is 10.7. The molecule has 1 fully saturated rings. The van der Waals surface area contributed by atoms with Gasteiger partial charge in [-0.15, -0.1) is 0 Å². The fraction of sp³-hybridized carbons (Fsp3) is 0.588. The summed E-state index contributed by atoms with van der Waals surface area (Å²) < 4.78 is 11.2. The second-order valence-corrected chi connectivity index (χ2v) is 5.43. The minimum absolute atomic E-state index is 0.0733. The van der Waals surface area contributed by atoms with Crippen molar-refractivity contribution in [3.8, 4) is 11.5 Å². The maximum absolute atomic E-state index is 12.7. The molecule has 0 aliphatic carbocycles. The Kier molecular flexibility index (Phi) is 6.07. The minimum Gasteiger partial charge on any atom is -0.493 e. The average Bonchev–Trinajstić information content (AvgIpc) is 2.59. The first kappa shape index (κ1) is 16.6. The van der Waals surface area contributed by atoms with Gasteiger partial charge in [0.1, 0.15) is 0 Å². The Balaban J connectivity index is 2.00. The molecule has 22 heavy (non-hydrogen) atoms. The lowest BCUT2D eigenvalue weighted by Gasteiger charge is -2.35. The Bertz CT molecular complexity index is 485. The minimum atomic E-state index is -0.454. The van der Waals surface area contributed by atoms with E-state index in [1.165, 1.54) is 0 Å². The van der Waals surface area contributed by atoms with Gasteiger partial charge in [0.25, 0.3) is 5.91 Å². The van der Waals surface area contributed by atoms with Crippen LogP contribution in [0.2, 0.25) is 0 Å². The smallest absolute Gasteiger partial charge is 0.263 e. The maximum Gasteiger partial charge on any atom is 0.263 e. The van der Waals surface area contributed by atoms with E-state index in [4.69, 9.17) is 9.47 Å². The van der Waals surface area contributed by atoms with Crippen LogP contribution in [-0.4, -0.2) is 61.6 Å². The zero-order chi connectivity index (χ0) is 15.9. The third-order valence-electron chi connectivity index (χ3n) is 4.12. The van der Waals surface area contributed by atoms with E-state index in [-0.39, 0.29) is 5.91 Å². The van der Waals surface area contributed by atoms with E-state index in [0.29, 0.717) is 17.9 Å². The van der Waals surface area contributed by atoms with Crippen LogP contribution in [-0.2, 0) is 4.79 Å². The van der Waals surface area contributed by atoms with Crippen molar-refractivity contribution in [3.05, 3.63) is 24.3 Å². The lowest BCUT2D eigenvalue weighted by molar-refractivity contribution is -0.140. The molecule has 1 aromatic carbocycles. The largest absolute Gasteiger partial charge is 0.493 e. The Labute approximate surface area is 132 Å². The average molecular weight is 306 g/mol. The highest BCUT2D eigenvalue weighted by Gasteiger charge is 2.28. The highest BCUT2D eigenvalue weighted by molar-refractivity contribution is 5.81. The molecule has 1 saturated heterocycles. The summed E-state index contributed by atoms with van der Waals surface area (Å²) in [5.41, 5.74) is 0. The molecule has 5 heteroatoms. The van der Waals surface area contributed by atoms with E-state index in [1.54, 1.807) is 7.11 Å². The zero-order valence-corrected chi connectivity index (χ0v) is 13.7. The summed E-state index contributed by atoms with van der Waals surface area (Å²) in [5, 5.41) is 0. The number of amides is 1. The number of carbonyl (C=O) groups is 1. The molecule has 1 aromatic rings. The summed E-state index contributed by atoms with van der Waals surface area (Å²) in [6, 6.07) is 7.45. The Hall–Kier alpha value is -1.75. The normalized spacial score (nSPS) is 17.1. The first-order valence-electron chi connectivity index (χ1n) is 8.00. The van der Waals surface area contributed by atoms with E-state index in [1.807, 2.05) is 36.1 Å². The number of methoxy groups -OCH3 is 1. The van der Waals surface area contributed by atoms with Crippen molar-refractivity contribution < 1.29 is 14.3 Å². The number of hydrogen-bond donors (Lipinski definition) is 0. The van der Waals surface area contributed by atoms with Gasteiger partial charge in [0.2, 0.25) is 0 Å². The molecule has 1 heterocycles. The summed E-state index contributed by atoms with van der Waals surface area (Å²) in [5.74, 6) is 1.35. The van der Waals surface area contributed by atoms with Gasteiger partial charge in [-0.1, -0.05) is 26.0 Å². The highest BCUT2D eigenvalue weighted by atomic mass is 16.5. The number of likely N-dealkylation sites (N-methyl/N-ethyl adjacent to an activating group) is 1. The summed E-state index contributed by atoms with van der Waals surface area (Å²) in [6.45, 7) is 8.59. The fourth-order valence-electron chi connectivity index (χ4n) is 2.67. The predicted octanol–water partition coefficient (Wildman–Crippen LogP) is 2.02. The molecule has 2 rings (SSSR count). The van der Waals surface area contributed by atoms with Crippen LogP contribution in [0.4, 0.5) is 0 Å². The van der Waals surface area contributed by atoms with Gasteiger partial charge in [-0.05, 0) is 25.1 Å². The number of carbonyl (C=O) groups excluding carboxylic acids is 1. The monoisotopic (exact) mass is 306 g/mol. The van der Waals surface area contributed by atoms with Crippen LogP contribution in [0.15, 0.2) is 24.3 Å². The van der Waals surface area contributed by atoms with Crippen LogP contribution in [0.3, 0.4) is 0 Å². The first-order valence-corrected chi connectivity index (χ1v) is 8.00. The van der Waals surface area contributed by atoms with Crippen molar-refractivity contribution in [2.24, 2.45) is 0 Å². The number of nitrogens with zero attached hydrogens (tertiary/aromatic N) is 2. The van der Waals surface area contributed by atoms with Gasteiger partial charge in [-0.2, -0.15) is 0 Å². The standard InChI is InChI=1S/C17H26N2O3/c1-4-14(22-16-9-7-6-8-15(16)21-3)17(20)19-12-10-18(5-2)11-13-19/h6-9,14H,4-5,10-13H2,1-3H3/t14-/m1/s1. The molecule has 0 saturated carbocycles. The molecule has 0 aromatic heterocycles. The lowest BCUT2D eigenvalue weighted by Crippen LogP contribution is -2.52. The van der Waals surface area contributed by atoms with Crippen molar-refractivity contribution in [1.29, 1.82) is 0 Å². The lowest BCUT2D eigenvalue weighted by atomic mass is 10.2. The van der Waals surface area contributed by atoms with Crippen LogP contribution in [0.5, 0.6) is 11.5 Å². The molecule has 5 nitrogen and oxygen atoms in total. The number of benzene rings is 1. The molecule has 0 bridgehead atoms. The van der Waals surface area contributed by atoms with E-state index >= 15 is 0 Å². The maximum atomic E-state index is 12.7. The van der Waals surface area contributed by atoms with E-state index in [2.05, 4.69) is 11.8 Å². The number of rotatable bonds is 6. The van der Waals surface area contributed by atoms with Gasteiger partial charge in [-0.25, -0.2) is 0 Å². The molecule has 0 radical (unpaired) electrons. The number of piperazine rings is 1. The van der Waals surface area contributed by atoms with Crippen molar-refractivity contribution in [3.63, 3.8) is 0 Å². The molecule has 1 aliphatic rings. The summed E-state index contributed by atoms with van der Waals surface area (Å²) in [4.78, 5) is 16.9. The zero-order valence-electron chi connectivity index (χ0n) is 13.7. The number of ether oxygens (including phenoxy) is 2. The van der Waals surface area contributed by atoms with E-state index in [9.17, 15) is 4.79 Å². The molecule has 0 spiro atoms. The molecule has 122 valence electrons. The third-order valence-corrected chi connectivity index (χ3v) is 4.12. The number of para-hydroxylation sites is 2. The predicted molar refractivity (Wildman–Crippen MR) is 86.4 cm³/mol. The van der Waals surface area contributed by atoms with Crippen molar-refractivity contribution in [2.45, 2.75) is 26.4 Å². The number of hydrogen-bond acceptors (Lipinski definition) is 4. The van der Waals surface area contributed by atoms with E-state index < -0.39 is 6.10 Å². The molecule has 1 amide bonds. The second-order valence-electron chi connectivity index (χ2n) is 5.43. The molecular formula is C17H26N2O3. The Morgan fingerprint density at radius 2 is 1.77 bits per heavy atom. The summed E-state index contributed by atoms with van der Waals surface area (Å²) in [7, 11) is 1.61. The summed E-state index contributed by atoms with van der Waals surface area (Å²) in [6.07, 6.45) is 0.190. The topological polar surface area (TPSA) is 42.0 Å². The molecule has 0 N–H and O–H groups in total. The van der Waals surface area contributed by atoms with Gasteiger partial charge in [0.05, 0.1) is 7.11 Å². The van der Waals surface area contributed by atoms with Crippen LogP contribution in [0.25, 0.3) is 0 Å². The SMILES string of the molecule is CC[C@@H](Oc1ccccc1OC)C(=O)N1CCN(CC)CC1. The van der Waals surface area contributed by atoms with Crippen LogP contribution in [0.1, 0.15) is 20.3 Å². The fourth-order valence-corrected chi connectivity index (χ4v) is 2.67. The van der Waals surface area contributed by atoms with E-state index in [0.717, 1.165) is 32.7 Å². The third kappa shape index (κ3) is 3.91. The van der Waals surface area contributed by atoms with Crippen molar-refractivity contribution >= 4 is 5.91 Å².